The first kappa shape index (κ1) is 15.0. The minimum Gasteiger partial charge on any atom is -0.497 e. The fraction of sp³-hybridized carbons (Fsp3) is 0.600. The average molecular weight is 251 g/mol. The Labute approximate surface area is 110 Å². The average Bonchev–Trinajstić information content (AvgIpc) is 2.37. The Bertz CT molecular complexity index is 350. The maximum Gasteiger partial charge on any atom is 0.119 e. The lowest BCUT2D eigenvalue weighted by molar-refractivity contribution is -0.0278. The van der Waals surface area contributed by atoms with Gasteiger partial charge in [0.25, 0.3) is 0 Å². The third-order valence-electron chi connectivity index (χ3n) is 2.74. The van der Waals surface area contributed by atoms with E-state index in [1.807, 2.05) is 18.2 Å². The predicted molar refractivity (Wildman–Crippen MR) is 75.0 cm³/mol. The highest BCUT2D eigenvalue weighted by Crippen LogP contribution is 2.16. The van der Waals surface area contributed by atoms with E-state index in [-0.39, 0.29) is 5.60 Å². The van der Waals surface area contributed by atoms with Crippen LogP contribution in [0.5, 0.6) is 5.75 Å². The van der Waals surface area contributed by atoms with Crippen molar-refractivity contribution >= 4 is 0 Å². The van der Waals surface area contributed by atoms with Crippen molar-refractivity contribution in [2.75, 3.05) is 20.2 Å². The van der Waals surface area contributed by atoms with Crippen molar-refractivity contribution in [2.45, 2.75) is 39.4 Å². The number of hydrogen-bond acceptors (Lipinski definition) is 3. The number of hydrogen-bond donors (Lipinski definition) is 1. The van der Waals surface area contributed by atoms with Crippen molar-refractivity contribution < 1.29 is 9.47 Å². The van der Waals surface area contributed by atoms with Crippen molar-refractivity contribution in [2.24, 2.45) is 0 Å². The molecule has 1 rings (SSSR count). The molecule has 0 aliphatic heterocycles. The van der Waals surface area contributed by atoms with Crippen LogP contribution in [0.1, 0.15) is 32.8 Å². The Morgan fingerprint density at radius 2 is 2.06 bits per heavy atom. The molecule has 0 spiro atoms. The Morgan fingerprint density at radius 1 is 1.28 bits per heavy atom. The monoisotopic (exact) mass is 251 g/mol. The zero-order valence-corrected chi connectivity index (χ0v) is 12.0. The second kappa shape index (κ2) is 7.39. The van der Waals surface area contributed by atoms with Crippen molar-refractivity contribution in [1.29, 1.82) is 0 Å². The van der Waals surface area contributed by atoms with Crippen molar-refractivity contribution in [3.8, 4) is 5.75 Å². The van der Waals surface area contributed by atoms with Crippen LogP contribution in [-0.2, 0) is 11.3 Å². The number of rotatable bonds is 8. The van der Waals surface area contributed by atoms with Crippen LogP contribution in [-0.4, -0.2) is 25.8 Å². The highest BCUT2D eigenvalue weighted by molar-refractivity contribution is 5.27. The van der Waals surface area contributed by atoms with Gasteiger partial charge in [-0.1, -0.05) is 19.1 Å². The molecular formula is C15H25NO2. The van der Waals surface area contributed by atoms with E-state index in [0.717, 1.165) is 30.8 Å². The lowest BCUT2D eigenvalue weighted by Crippen LogP contribution is -2.37. The molecule has 18 heavy (non-hydrogen) atoms. The van der Waals surface area contributed by atoms with Crippen LogP contribution in [0, 0.1) is 0 Å². The Balaban J connectivity index is 2.42. The summed E-state index contributed by atoms with van der Waals surface area (Å²) >= 11 is 0. The smallest absolute Gasteiger partial charge is 0.119 e. The van der Waals surface area contributed by atoms with E-state index in [9.17, 15) is 0 Å². The van der Waals surface area contributed by atoms with Crippen LogP contribution >= 0.6 is 0 Å². The van der Waals surface area contributed by atoms with Gasteiger partial charge >= 0.3 is 0 Å². The molecule has 0 heterocycles. The molecule has 0 radical (unpaired) electrons. The van der Waals surface area contributed by atoms with Gasteiger partial charge in [-0.05, 0) is 44.5 Å². The van der Waals surface area contributed by atoms with Gasteiger partial charge in [0.2, 0.25) is 0 Å². The molecular weight excluding hydrogens is 226 g/mol. The molecule has 0 atom stereocenters. The second-order valence-electron chi connectivity index (χ2n) is 5.08. The molecule has 0 aliphatic carbocycles. The Hall–Kier alpha value is -1.06. The maximum absolute atomic E-state index is 5.94. The minimum atomic E-state index is -0.155. The van der Waals surface area contributed by atoms with Gasteiger partial charge in [0.1, 0.15) is 5.75 Å². The third kappa shape index (κ3) is 5.52. The van der Waals surface area contributed by atoms with E-state index in [4.69, 9.17) is 9.47 Å². The van der Waals surface area contributed by atoms with Crippen LogP contribution in [0.25, 0.3) is 0 Å². The lowest BCUT2D eigenvalue weighted by atomic mass is 10.1. The van der Waals surface area contributed by atoms with Crippen LogP contribution in [0.15, 0.2) is 24.3 Å². The van der Waals surface area contributed by atoms with Gasteiger partial charge in [-0.2, -0.15) is 0 Å². The SMILES string of the molecule is CCCNCC(C)(C)OCc1cccc(OC)c1. The van der Waals surface area contributed by atoms with Gasteiger partial charge in [0.15, 0.2) is 0 Å². The number of ether oxygens (including phenoxy) is 2. The quantitative estimate of drug-likeness (QED) is 0.720. The van der Waals surface area contributed by atoms with Crippen LogP contribution < -0.4 is 10.1 Å². The molecule has 3 nitrogen and oxygen atoms in total. The lowest BCUT2D eigenvalue weighted by Gasteiger charge is -2.26. The molecule has 1 aromatic carbocycles. The number of methoxy groups -OCH3 is 1. The summed E-state index contributed by atoms with van der Waals surface area (Å²) in [6.45, 7) is 8.89. The van der Waals surface area contributed by atoms with Crippen molar-refractivity contribution in [3.05, 3.63) is 29.8 Å². The molecule has 102 valence electrons. The van der Waals surface area contributed by atoms with Crippen molar-refractivity contribution in [1.82, 2.24) is 5.32 Å². The van der Waals surface area contributed by atoms with Gasteiger partial charge in [-0.3, -0.25) is 0 Å². The van der Waals surface area contributed by atoms with E-state index >= 15 is 0 Å². The molecule has 1 N–H and O–H groups in total. The molecule has 0 saturated carbocycles. The van der Waals surface area contributed by atoms with Crippen LogP contribution in [0.4, 0.5) is 0 Å². The van der Waals surface area contributed by atoms with E-state index in [1.165, 1.54) is 0 Å². The van der Waals surface area contributed by atoms with E-state index in [0.29, 0.717) is 6.61 Å². The zero-order valence-electron chi connectivity index (χ0n) is 12.0. The molecule has 0 fully saturated rings. The fourth-order valence-corrected chi connectivity index (χ4v) is 1.66. The van der Waals surface area contributed by atoms with E-state index in [2.05, 4.69) is 32.2 Å². The van der Waals surface area contributed by atoms with Gasteiger partial charge in [0, 0.05) is 6.54 Å². The second-order valence-corrected chi connectivity index (χ2v) is 5.08. The summed E-state index contributed by atoms with van der Waals surface area (Å²) in [6, 6.07) is 7.99. The van der Waals surface area contributed by atoms with Gasteiger partial charge in [0.05, 0.1) is 19.3 Å². The first-order valence-electron chi connectivity index (χ1n) is 6.55. The normalized spacial score (nSPS) is 11.6. The van der Waals surface area contributed by atoms with Gasteiger partial charge < -0.3 is 14.8 Å². The summed E-state index contributed by atoms with van der Waals surface area (Å²) in [4.78, 5) is 0. The first-order valence-corrected chi connectivity index (χ1v) is 6.55. The topological polar surface area (TPSA) is 30.5 Å². The fourth-order valence-electron chi connectivity index (χ4n) is 1.66. The highest BCUT2D eigenvalue weighted by Gasteiger charge is 2.17. The van der Waals surface area contributed by atoms with Gasteiger partial charge in [-0.15, -0.1) is 0 Å². The van der Waals surface area contributed by atoms with Gasteiger partial charge in [-0.25, -0.2) is 0 Å². The summed E-state index contributed by atoms with van der Waals surface area (Å²) in [7, 11) is 1.68. The standard InChI is InChI=1S/C15H25NO2/c1-5-9-16-12-15(2,3)18-11-13-7-6-8-14(10-13)17-4/h6-8,10,16H,5,9,11-12H2,1-4H3. The molecule has 0 bridgehead atoms. The molecule has 0 aliphatic rings. The predicted octanol–water partition coefficient (Wildman–Crippen LogP) is 2.99. The third-order valence-corrected chi connectivity index (χ3v) is 2.74. The van der Waals surface area contributed by atoms with Crippen LogP contribution in [0.2, 0.25) is 0 Å². The largest absolute Gasteiger partial charge is 0.497 e. The number of nitrogens with one attached hydrogen (secondary N) is 1. The highest BCUT2D eigenvalue weighted by atomic mass is 16.5. The molecule has 0 saturated heterocycles. The summed E-state index contributed by atoms with van der Waals surface area (Å²) in [5, 5.41) is 3.38. The summed E-state index contributed by atoms with van der Waals surface area (Å²) < 4.78 is 11.1. The van der Waals surface area contributed by atoms with E-state index in [1.54, 1.807) is 7.11 Å². The summed E-state index contributed by atoms with van der Waals surface area (Å²) in [6.07, 6.45) is 1.14. The maximum atomic E-state index is 5.94. The Morgan fingerprint density at radius 3 is 2.72 bits per heavy atom. The molecule has 3 heteroatoms. The summed E-state index contributed by atoms with van der Waals surface area (Å²) in [5.74, 6) is 0.873. The molecule has 0 aromatic heterocycles. The molecule has 1 aromatic rings. The van der Waals surface area contributed by atoms with Crippen molar-refractivity contribution in [3.63, 3.8) is 0 Å². The minimum absolute atomic E-state index is 0.155. The summed E-state index contributed by atoms with van der Waals surface area (Å²) in [5.41, 5.74) is 0.982. The molecule has 0 unspecified atom stereocenters. The number of benzene rings is 1. The Kier molecular flexibility index (Phi) is 6.16. The van der Waals surface area contributed by atoms with E-state index < -0.39 is 0 Å². The first-order chi connectivity index (χ1) is 8.57. The van der Waals surface area contributed by atoms with Crippen LogP contribution in [0.3, 0.4) is 0 Å². The zero-order chi connectivity index (χ0) is 13.4. The molecule has 0 amide bonds.